The van der Waals surface area contributed by atoms with Crippen molar-refractivity contribution in [2.45, 2.75) is 62.7 Å². The zero-order chi connectivity index (χ0) is 25.5. The fourth-order valence-corrected chi connectivity index (χ4v) is 5.22. The summed E-state index contributed by atoms with van der Waals surface area (Å²) >= 11 is 6.03. The average molecular weight is 519 g/mol. The van der Waals surface area contributed by atoms with Crippen LogP contribution in [0.25, 0.3) is 11.4 Å². The number of halogens is 4. The Bertz CT molecular complexity index is 1320. The molecule has 2 saturated carbocycles. The highest BCUT2D eigenvalue weighted by Crippen LogP contribution is 2.42. The lowest BCUT2D eigenvalue weighted by atomic mass is 9.78. The molecule has 1 N–H and O–H groups in total. The van der Waals surface area contributed by atoms with Crippen LogP contribution in [0.4, 0.5) is 13.2 Å². The van der Waals surface area contributed by atoms with Gasteiger partial charge in [0.1, 0.15) is 0 Å². The van der Waals surface area contributed by atoms with E-state index in [2.05, 4.69) is 10.4 Å². The van der Waals surface area contributed by atoms with E-state index in [0.717, 1.165) is 56.2 Å². The highest BCUT2D eigenvalue weighted by Gasteiger charge is 2.42. The Labute approximate surface area is 211 Å². The third kappa shape index (κ3) is 4.68. The number of carbonyl (C=O) groups excluding carboxylic acids is 1. The number of carbonyl (C=O) groups is 1. The molecule has 6 nitrogen and oxygen atoms in total. The van der Waals surface area contributed by atoms with E-state index in [1.807, 2.05) is 12.1 Å². The van der Waals surface area contributed by atoms with Gasteiger partial charge in [-0.2, -0.15) is 13.2 Å². The van der Waals surface area contributed by atoms with Gasteiger partial charge in [0.15, 0.2) is 5.82 Å². The van der Waals surface area contributed by atoms with Crippen LogP contribution < -0.4 is 11.0 Å². The predicted octanol–water partition coefficient (Wildman–Crippen LogP) is 5.35. The van der Waals surface area contributed by atoms with E-state index in [1.165, 1.54) is 21.4 Å². The molecule has 0 saturated heterocycles. The molecule has 0 radical (unpaired) electrons. The molecule has 0 aliphatic heterocycles. The number of rotatable bonds is 7. The first-order valence-electron chi connectivity index (χ1n) is 12.1. The summed E-state index contributed by atoms with van der Waals surface area (Å²) in [6, 6.07) is 12.1. The van der Waals surface area contributed by atoms with Crippen molar-refractivity contribution in [1.29, 1.82) is 0 Å². The highest BCUT2D eigenvalue weighted by atomic mass is 35.5. The summed E-state index contributed by atoms with van der Waals surface area (Å²) in [5.41, 5.74) is -0.646. The van der Waals surface area contributed by atoms with Crippen molar-refractivity contribution in [3.8, 4) is 11.4 Å². The van der Waals surface area contributed by atoms with Gasteiger partial charge in [0, 0.05) is 23.2 Å². The van der Waals surface area contributed by atoms with Gasteiger partial charge < -0.3 is 5.32 Å². The Morgan fingerprint density at radius 2 is 1.81 bits per heavy atom. The van der Waals surface area contributed by atoms with Crippen LogP contribution in [0.1, 0.15) is 55.7 Å². The molecular formula is C26H26ClF3N4O2. The molecule has 1 amide bonds. The summed E-state index contributed by atoms with van der Waals surface area (Å²) < 4.78 is 42.4. The van der Waals surface area contributed by atoms with Gasteiger partial charge in [-0.25, -0.2) is 9.48 Å². The van der Waals surface area contributed by atoms with Crippen LogP contribution in [0.15, 0.2) is 53.3 Å². The molecule has 10 heteroatoms. The van der Waals surface area contributed by atoms with Crippen LogP contribution >= 0.6 is 11.6 Å². The van der Waals surface area contributed by atoms with Crippen LogP contribution in [0.2, 0.25) is 5.02 Å². The van der Waals surface area contributed by atoms with Crippen molar-refractivity contribution in [2.24, 2.45) is 0 Å². The third-order valence-electron chi connectivity index (χ3n) is 7.13. The van der Waals surface area contributed by atoms with Crippen LogP contribution in [0.5, 0.6) is 0 Å². The third-order valence-corrected chi connectivity index (χ3v) is 7.38. The van der Waals surface area contributed by atoms with Crippen molar-refractivity contribution >= 4 is 17.5 Å². The van der Waals surface area contributed by atoms with E-state index < -0.39 is 17.2 Å². The molecule has 2 fully saturated rings. The maximum absolute atomic E-state index is 13.3. The standard InChI is InChI=1S/C26H26ClF3N4O2/c27-20-8-6-18(7-9-20)25(12-1-2-13-25)23(35)31-14-15-33-24(36)34(21-10-11-21)22(32-33)17-4-3-5-19(16-17)26(28,29)30/h3-9,16,21H,1-2,10-15H2,(H,31,35). The molecule has 0 unspecified atom stereocenters. The zero-order valence-electron chi connectivity index (χ0n) is 19.5. The first-order chi connectivity index (χ1) is 17.2. The van der Waals surface area contributed by atoms with E-state index in [1.54, 1.807) is 12.1 Å². The molecule has 0 spiro atoms. The van der Waals surface area contributed by atoms with Crippen molar-refractivity contribution in [1.82, 2.24) is 19.7 Å². The summed E-state index contributed by atoms with van der Waals surface area (Å²) in [7, 11) is 0. The van der Waals surface area contributed by atoms with Gasteiger partial charge in [-0.05, 0) is 55.5 Å². The summed E-state index contributed by atoms with van der Waals surface area (Å²) in [6.45, 7) is 0.296. The first-order valence-corrected chi connectivity index (χ1v) is 12.5. The van der Waals surface area contributed by atoms with E-state index in [0.29, 0.717) is 5.02 Å². The van der Waals surface area contributed by atoms with Gasteiger partial charge in [0.25, 0.3) is 0 Å². The minimum absolute atomic E-state index is 0.0722. The number of hydrogen-bond acceptors (Lipinski definition) is 3. The molecule has 2 aromatic carbocycles. The fourth-order valence-electron chi connectivity index (χ4n) is 5.10. The molecular weight excluding hydrogens is 493 g/mol. The lowest BCUT2D eigenvalue weighted by molar-refractivity contribution is -0.137. The van der Waals surface area contributed by atoms with Gasteiger partial charge in [-0.3, -0.25) is 9.36 Å². The molecule has 0 bridgehead atoms. The van der Waals surface area contributed by atoms with Gasteiger partial charge in [-0.1, -0.05) is 48.7 Å². The van der Waals surface area contributed by atoms with E-state index >= 15 is 0 Å². The quantitative estimate of drug-likeness (QED) is 0.458. The Morgan fingerprint density at radius 1 is 1.11 bits per heavy atom. The minimum atomic E-state index is -4.49. The molecule has 36 heavy (non-hydrogen) atoms. The van der Waals surface area contributed by atoms with E-state index in [9.17, 15) is 22.8 Å². The Kier molecular flexibility index (Phi) is 6.44. The average Bonchev–Trinajstić information content (AvgIpc) is 3.46. The topological polar surface area (TPSA) is 68.9 Å². The van der Waals surface area contributed by atoms with Gasteiger partial charge in [0.2, 0.25) is 5.91 Å². The molecule has 1 aromatic heterocycles. The molecule has 2 aliphatic carbocycles. The van der Waals surface area contributed by atoms with Crippen molar-refractivity contribution in [3.05, 3.63) is 75.2 Å². The summed E-state index contributed by atoms with van der Waals surface area (Å²) in [5, 5.41) is 7.95. The second kappa shape index (κ2) is 9.42. The number of benzene rings is 2. The van der Waals surface area contributed by atoms with Crippen LogP contribution in [0, 0.1) is 0 Å². The number of aromatic nitrogens is 3. The molecule has 2 aliphatic rings. The van der Waals surface area contributed by atoms with E-state index in [-0.39, 0.29) is 42.1 Å². The number of amides is 1. The Hall–Kier alpha value is -3.07. The van der Waals surface area contributed by atoms with Crippen molar-refractivity contribution < 1.29 is 18.0 Å². The maximum Gasteiger partial charge on any atom is 0.416 e. The monoisotopic (exact) mass is 518 g/mol. The summed E-state index contributed by atoms with van der Waals surface area (Å²) in [4.78, 5) is 26.4. The van der Waals surface area contributed by atoms with Gasteiger partial charge in [0.05, 0.1) is 17.5 Å². The van der Waals surface area contributed by atoms with Crippen LogP contribution in [-0.2, 0) is 22.9 Å². The number of nitrogens with one attached hydrogen (secondary N) is 1. The smallest absolute Gasteiger partial charge is 0.353 e. The second-order valence-corrected chi connectivity index (χ2v) is 10.00. The van der Waals surface area contributed by atoms with E-state index in [4.69, 9.17) is 11.6 Å². The summed E-state index contributed by atoms with van der Waals surface area (Å²) in [6.07, 6.45) is 0.416. The van der Waals surface area contributed by atoms with Crippen LogP contribution in [-0.4, -0.2) is 26.8 Å². The number of alkyl halides is 3. The Morgan fingerprint density at radius 3 is 2.44 bits per heavy atom. The summed E-state index contributed by atoms with van der Waals surface area (Å²) in [5.74, 6) is 0.114. The molecule has 190 valence electrons. The van der Waals surface area contributed by atoms with Crippen LogP contribution in [0.3, 0.4) is 0 Å². The second-order valence-electron chi connectivity index (χ2n) is 9.56. The SMILES string of the molecule is O=C(NCCn1nc(-c2cccc(C(F)(F)F)c2)n(C2CC2)c1=O)C1(c2ccc(Cl)cc2)CCCC1. The number of hydrogen-bond donors (Lipinski definition) is 1. The van der Waals surface area contributed by atoms with Gasteiger partial charge in [-0.15, -0.1) is 5.10 Å². The fraction of sp³-hybridized carbons (Fsp3) is 0.423. The van der Waals surface area contributed by atoms with Crippen molar-refractivity contribution in [3.63, 3.8) is 0 Å². The minimum Gasteiger partial charge on any atom is -0.353 e. The Balaban J connectivity index is 1.35. The molecule has 0 atom stereocenters. The maximum atomic E-state index is 13.3. The molecule has 3 aromatic rings. The highest BCUT2D eigenvalue weighted by molar-refractivity contribution is 6.30. The first kappa shape index (κ1) is 24.6. The van der Waals surface area contributed by atoms with Gasteiger partial charge >= 0.3 is 11.9 Å². The molecule has 1 heterocycles. The largest absolute Gasteiger partial charge is 0.416 e. The normalized spacial score (nSPS) is 17.3. The lowest BCUT2D eigenvalue weighted by Crippen LogP contribution is -2.44. The number of nitrogens with zero attached hydrogens (tertiary/aromatic N) is 3. The van der Waals surface area contributed by atoms with Crippen molar-refractivity contribution in [2.75, 3.05) is 6.54 Å². The zero-order valence-corrected chi connectivity index (χ0v) is 20.3. The predicted molar refractivity (Wildman–Crippen MR) is 130 cm³/mol. The lowest BCUT2D eigenvalue weighted by Gasteiger charge is -2.28. The molecule has 5 rings (SSSR count).